The summed E-state index contributed by atoms with van der Waals surface area (Å²) in [5.41, 5.74) is 1.43. The Balaban J connectivity index is 2.16. The summed E-state index contributed by atoms with van der Waals surface area (Å²) in [6, 6.07) is 14.0. The SMILES string of the molecule is COC(=O)CN(Cc1ccccc1)C(=O)Nc1ccc(OC)c(OC)c1. The highest BCUT2D eigenvalue weighted by molar-refractivity contribution is 5.91. The minimum absolute atomic E-state index is 0.162. The molecule has 7 heteroatoms. The highest BCUT2D eigenvalue weighted by Gasteiger charge is 2.19. The summed E-state index contributed by atoms with van der Waals surface area (Å²) in [6.07, 6.45) is 0. The second-order valence-corrected chi connectivity index (χ2v) is 5.42. The van der Waals surface area contributed by atoms with Gasteiger partial charge in [-0.1, -0.05) is 30.3 Å². The molecule has 0 unspecified atom stereocenters. The van der Waals surface area contributed by atoms with Crippen molar-refractivity contribution < 1.29 is 23.8 Å². The van der Waals surface area contributed by atoms with Gasteiger partial charge in [0.05, 0.1) is 21.3 Å². The van der Waals surface area contributed by atoms with Gasteiger partial charge in [-0.2, -0.15) is 0 Å². The monoisotopic (exact) mass is 358 g/mol. The Kier molecular flexibility index (Phi) is 6.84. The molecular weight excluding hydrogens is 336 g/mol. The lowest BCUT2D eigenvalue weighted by molar-refractivity contribution is -0.141. The van der Waals surface area contributed by atoms with Crippen LogP contribution in [-0.4, -0.2) is 44.8 Å². The summed E-state index contributed by atoms with van der Waals surface area (Å²) in [7, 11) is 4.34. The Morgan fingerprint density at radius 2 is 1.65 bits per heavy atom. The molecule has 1 N–H and O–H groups in total. The third-order valence-corrected chi connectivity index (χ3v) is 3.69. The van der Waals surface area contributed by atoms with Crippen molar-refractivity contribution in [3.05, 3.63) is 54.1 Å². The van der Waals surface area contributed by atoms with Gasteiger partial charge >= 0.3 is 12.0 Å². The van der Waals surface area contributed by atoms with Gasteiger partial charge in [0.25, 0.3) is 0 Å². The lowest BCUT2D eigenvalue weighted by Crippen LogP contribution is -2.38. The van der Waals surface area contributed by atoms with Crippen molar-refractivity contribution in [1.82, 2.24) is 4.90 Å². The van der Waals surface area contributed by atoms with E-state index in [4.69, 9.17) is 9.47 Å². The van der Waals surface area contributed by atoms with Crippen LogP contribution < -0.4 is 14.8 Å². The summed E-state index contributed by atoms with van der Waals surface area (Å²) in [5, 5.41) is 2.76. The van der Waals surface area contributed by atoms with Crippen LogP contribution in [0.5, 0.6) is 11.5 Å². The molecule has 0 aliphatic carbocycles. The van der Waals surface area contributed by atoms with Gasteiger partial charge in [-0.15, -0.1) is 0 Å². The molecule has 0 heterocycles. The van der Waals surface area contributed by atoms with E-state index in [1.807, 2.05) is 30.3 Å². The molecule has 138 valence electrons. The highest BCUT2D eigenvalue weighted by Crippen LogP contribution is 2.29. The van der Waals surface area contributed by atoms with Crippen LogP contribution in [0, 0.1) is 0 Å². The Labute approximate surface area is 152 Å². The maximum atomic E-state index is 12.7. The van der Waals surface area contributed by atoms with Crippen LogP contribution in [-0.2, 0) is 16.1 Å². The number of ether oxygens (including phenoxy) is 3. The number of methoxy groups -OCH3 is 3. The van der Waals surface area contributed by atoms with Crippen LogP contribution in [0.3, 0.4) is 0 Å². The molecule has 26 heavy (non-hydrogen) atoms. The fourth-order valence-electron chi connectivity index (χ4n) is 2.34. The number of anilines is 1. The predicted molar refractivity (Wildman–Crippen MR) is 97.4 cm³/mol. The van der Waals surface area contributed by atoms with Crippen molar-refractivity contribution in [1.29, 1.82) is 0 Å². The number of carbonyl (C=O) groups excluding carboxylic acids is 2. The zero-order valence-electron chi connectivity index (χ0n) is 15.0. The topological polar surface area (TPSA) is 77.1 Å². The van der Waals surface area contributed by atoms with Crippen LogP contribution in [0.15, 0.2) is 48.5 Å². The smallest absolute Gasteiger partial charge is 0.325 e. The van der Waals surface area contributed by atoms with Gasteiger partial charge in [0, 0.05) is 18.3 Å². The second kappa shape index (κ2) is 9.31. The van der Waals surface area contributed by atoms with Crippen molar-refractivity contribution in [2.24, 2.45) is 0 Å². The zero-order chi connectivity index (χ0) is 18.9. The summed E-state index contributed by atoms with van der Waals surface area (Å²) >= 11 is 0. The van der Waals surface area contributed by atoms with E-state index in [0.717, 1.165) is 5.56 Å². The Morgan fingerprint density at radius 3 is 2.27 bits per heavy atom. The van der Waals surface area contributed by atoms with E-state index in [1.54, 1.807) is 18.2 Å². The van der Waals surface area contributed by atoms with E-state index in [2.05, 4.69) is 10.1 Å². The molecule has 0 atom stereocenters. The molecule has 2 amide bonds. The normalized spacial score (nSPS) is 9.96. The molecule has 0 bridgehead atoms. The first kappa shape index (κ1) is 19.1. The quantitative estimate of drug-likeness (QED) is 0.770. The molecule has 0 aliphatic rings. The number of esters is 1. The van der Waals surface area contributed by atoms with E-state index in [-0.39, 0.29) is 13.1 Å². The summed E-state index contributed by atoms with van der Waals surface area (Å²) in [5.74, 6) is 0.553. The second-order valence-electron chi connectivity index (χ2n) is 5.42. The molecule has 2 rings (SSSR count). The predicted octanol–water partition coefficient (Wildman–Crippen LogP) is 2.91. The van der Waals surface area contributed by atoms with Gasteiger partial charge in [0.2, 0.25) is 0 Å². The van der Waals surface area contributed by atoms with Crippen molar-refractivity contribution >= 4 is 17.7 Å². The highest BCUT2D eigenvalue weighted by atomic mass is 16.5. The van der Waals surface area contributed by atoms with E-state index in [0.29, 0.717) is 17.2 Å². The van der Waals surface area contributed by atoms with Crippen LogP contribution in [0.1, 0.15) is 5.56 Å². The number of benzene rings is 2. The largest absolute Gasteiger partial charge is 0.493 e. The van der Waals surface area contributed by atoms with Crippen molar-refractivity contribution in [3.63, 3.8) is 0 Å². The third kappa shape index (κ3) is 5.14. The molecule has 0 fully saturated rings. The summed E-state index contributed by atoms with van der Waals surface area (Å²) < 4.78 is 15.1. The van der Waals surface area contributed by atoms with Crippen LogP contribution >= 0.6 is 0 Å². The average molecular weight is 358 g/mol. The van der Waals surface area contributed by atoms with Gasteiger partial charge in [-0.3, -0.25) is 4.79 Å². The van der Waals surface area contributed by atoms with E-state index in [1.165, 1.54) is 26.2 Å². The molecule has 0 radical (unpaired) electrons. The molecule has 0 saturated heterocycles. The fourth-order valence-corrected chi connectivity index (χ4v) is 2.34. The lowest BCUT2D eigenvalue weighted by Gasteiger charge is -2.22. The summed E-state index contributed by atoms with van der Waals surface area (Å²) in [6.45, 7) is 0.111. The van der Waals surface area contributed by atoms with Crippen molar-refractivity contribution in [3.8, 4) is 11.5 Å². The molecule has 2 aromatic rings. The molecule has 0 saturated carbocycles. The number of urea groups is 1. The number of rotatable bonds is 7. The molecule has 0 aliphatic heterocycles. The molecule has 0 aromatic heterocycles. The van der Waals surface area contributed by atoms with Crippen LogP contribution in [0.4, 0.5) is 10.5 Å². The zero-order valence-corrected chi connectivity index (χ0v) is 15.0. The van der Waals surface area contributed by atoms with Gasteiger partial charge in [0.1, 0.15) is 6.54 Å². The number of amides is 2. The van der Waals surface area contributed by atoms with Crippen LogP contribution in [0.2, 0.25) is 0 Å². The van der Waals surface area contributed by atoms with Gasteiger partial charge in [-0.05, 0) is 17.7 Å². The Bertz CT molecular complexity index is 749. The number of hydrogen-bond donors (Lipinski definition) is 1. The first-order chi connectivity index (χ1) is 12.6. The molecule has 0 spiro atoms. The van der Waals surface area contributed by atoms with Crippen molar-refractivity contribution in [2.75, 3.05) is 33.2 Å². The van der Waals surface area contributed by atoms with Crippen molar-refractivity contribution in [2.45, 2.75) is 6.54 Å². The van der Waals surface area contributed by atoms with Gasteiger partial charge in [-0.25, -0.2) is 4.79 Å². The molecule has 7 nitrogen and oxygen atoms in total. The number of hydrogen-bond acceptors (Lipinski definition) is 5. The van der Waals surface area contributed by atoms with Gasteiger partial charge < -0.3 is 24.4 Å². The first-order valence-electron chi connectivity index (χ1n) is 7.96. The first-order valence-corrected chi connectivity index (χ1v) is 7.96. The number of nitrogens with zero attached hydrogens (tertiary/aromatic N) is 1. The Hall–Kier alpha value is -3.22. The molecule has 2 aromatic carbocycles. The molecular formula is C19H22N2O5. The maximum Gasteiger partial charge on any atom is 0.325 e. The maximum absolute atomic E-state index is 12.7. The third-order valence-electron chi connectivity index (χ3n) is 3.69. The lowest BCUT2D eigenvalue weighted by atomic mass is 10.2. The van der Waals surface area contributed by atoms with E-state index < -0.39 is 12.0 Å². The summed E-state index contributed by atoms with van der Waals surface area (Å²) in [4.78, 5) is 25.7. The number of nitrogens with one attached hydrogen (secondary N) is 1. The minimum Gasteiger partial charge on any atom is -0.493 e. The standard InChI is InChI=1S/C19H22N2O5/c1-24-16-10-9-15(11-17(16)25-2)20-19(23)21(13-18(22)26-3)12-14-7-5-4-6-8-14/h4-11H,12-13H2,1-3H3,(H,20,23). The fraction of sp³-hybridized carbons (Fsp3) is 0.263. The minimum atomic E-state index is -0.497. The number of carbonyl (C=O) groups is 2. The average Bonchev–Trinajstić information content (AvgIpc) is 2.67. The van der Waals surface area contributed by atoms with E-state index in [9.17, 15) is 9.59 Å². The Morgan fingerprint density at radius 1 is 0.962 bits per heavy atom. The van der Waals surface area contributed by atoms with Crippen LogP contribution in [0.25, 0.3) is 0 Å². The van der Waals surface area contributed by atoms with E-state index >= 15 is 0 Å². The van der Waals surface area contributed by atoms with Gasteiger partial charge in [0.15, 0.2) is 11.5 Å².